The van der Waals surface area contributed by atoms with Gasteiger partial charge in [0.2, 0.25) is 24.9 Å². The smallest absolute Gasteiger partial charge is 0.318 e. The van der Waals surface area contributed by atoms with Crippen molar-refractivity contribution in [2.45, 2.75) is 82.3 Å². The summed E-state index contributed by atoms with van der Waals surface area (Å²) < 4.78 is 25.5. The Bertz CT molecular complexity index is 3580. The Hall–Kier alpha value is -7.46. The monoisotopic (exact) mass is 1220 g/mol. The number of hydrogen-bond donors (Lipinski definition) is 0. The van der Waals surface area contributed by atoms with Crippen LogP contribution in [0.25, 0.3) is 31.2 Å². The zero-order valence-electron chi connectivity index (χ0n) is 50.6. The van der Waals surface area contributed by atoms with E-state index < -0.39 is 0 Å². The molecule has 456 valence electrons. The average molecular weight is 1220 g/mol. The average Bonchev–Trinajstić information content (AvgIpc) is 1.40. The van der Waals surface area contributed by atoms with Crippen LogP contribution in [0.2, 0.25) is 10.0 Å². The predicted molar refractivity (Wildman–Crippen MR) is 340 cm³/mol. The highest BCUT2D eigenvalue weighted by Gasteiger charge is 2.38. The first-order chi connectivity index (χ1) is 42.1. The molecule has 0 saturated carbocycles. The molecule has 19 nitrogen and oxygen atoms in total. The topological polar surface area (TPSA) is 154 Å². The third-order valence-electron chi connectivity index (χ3n) is 16.8. The number of hydrogen-bond acceptors (Lipinski definition) is 15. The van der Waals surface area contributed by atoms with Crippen LogP contribution in [0, 0.1) is 13.1 Å². The highest BCUT2D eigenvalue weighted by atomic mass is 35.5. The van der Waals surface area contributed by atoms with E-state index in [0.717, 1.165) is 86.2 Å². The summed E-state index contributed by atoms with van der Waals surface area (Å²) in [4.78, 5) is 66.8. The Labute approximate surface area is 520 Å². The number of carbonyl (C=O) groups excluding carboxylic acids is 2. The predicted octanol–water partition coefficient (Wildman–Crippen LogP) is 9.17. The molecule has 7 heterocycles. The summed E-state index contributed by atoms with van der Waals surface area (Å²) >= 11 is 13.3. The summed E-state index contributed by atoms with van der Waals surface area (Å²) in [6.07, 6.45) is 7.54. The van der Waals surface area contributed by atoms with Crippen LogP contribution in [-0.4, -0.2) is 194 Å². The van der Waals surface area contributed by atoms with Crippen LogP contribution in [-0.2, 0) is 45.1 Å². The van der Waals surface area contributed by atoms with E-state index in [1.807, 2.05) is 87.4 Å². The van der Waals surface area contributed by atoms with Crippen LogP contribution in [0.3, 0.4) is 0 Å². The number of aromatic nitrogens is 4. The maximum absolute atomic E-state index is 13.1. The van der Waals surface area contributed by atoms with E-state index in [-0.39, 0.29) is 55.3 Å². The van der Waals surface area contributed by atoms with Gasteiger partial charge in [0, 0.05) is 109 Å². The van der Waals surface area contributed by atoms with Gasteiger partial charge in [-0.2, -0.15) is 19.9 Å². The number of fused-ring (bicyclic) bond motifs is 4. The van der Waals surface area contributed by atoms with Gasteiger partial charge in [0.15, 0.2) is 0 Å². The molecule has 3 saturated heterocycles. The van der Waals surface area contributed by atoms with Gasteiger partial charge in [0.1, 0.15) is 36.4 Å². The van der Waals surface area contributed by atoms with E-state index in [1.54, 1.807) is 11.0 Å². The number of likely N-dealkylation sites (tertiary alicyclic amines) is 1. The lowest BCUT2D eigenvalue weighted by Crippen LogP contribution is -2.56. The van der Waals surface area contributed by atoms with Crippen molar-refractivity contribution in [2.24, 2.45) is 0 Å². The van der Waals surface area contributed by atoms with Gasteiger partial charge in [-0.05, 0) is 102 Å². The molecule has 6 aromatic rings. The highest BCUT2D eigenvalue weighted by molar-refractivity contribution is 6.36. The van der Waals surface area contributed by atoms with Crippen LogP contribution >= 0.6 is 23.2 Å². The molecule has 0 aliphatic carbocycles. The van der Waals surface area contributed by atoms with Crippen molar-refractivity contribution in [1.29, 1.82) is 0 Å². The molecule has 87 heavy (non-hydrogen) atoms. The zero-order chi connectivity index (χ0) is 61.3. The van der Waals surface area contributed by atoms with Gasteiger partial charge in [-0.1, -0.05) is 96.5 Å². The lowest BCUT2D eigenvalue weighted by molar-refractivity contribution is -0.129. The Morgan fingerprint density at radius 2 is 1.23 bits per heavy atom. The molecule has 6 atom stereocenters. The second-order valence-electron chi connectivity index (χ2n) is 23.5. The number of amides is 2. The molecule has 4 aromatic carbocycles. The minimum absolute atomic E-state index is 0.0653. The summed E-state index contributed by atoms with van der Waals surface area (Å²) in [5.41, 5.74) is 5.66. The molecule has 21 heteroatoms. The van der Waals surface area contributed by atoms with E-state index in [4.69, 9.17) is 75.2 Å². The Morgan fingerprint density at radius 3 is 1.72 bits per heavy atom. The first-order valence-electron chi connectivity index (χ1n) is 29.8. The van der Waals surface area contributed by atoms with Crippen molar-refractivity contribution in [3.63, 3.8) is 0 Å². The van der Waals surface area contributed by atoms with Gasteiger partial charge in [0.25, 0.3) is 0 Å². The quantitative estimate of drug-likeness (QED) is 0.0629. The number of rotatable bonds is 17. The maximum Gasteiger partial charge on any atom is 0.318 e. The standard InChI is InChI=1S/C35H42ClN7O3.C31H35ClN6O3/c1-37-20-26-21-42(17-18-43(26)32(44)14-8-15-40(2)3)34-28-23-45-31(27-12-5-9-24-10-6-13-29(36)33(24)27)19-30(28)38-35(39-34)46-22-25-11-7-16-41(25)4;1-6-28(39)38-14-13-37(18-22(38)16-33-3)30-24-19-40-27(23-11-7-9-21-10-8-12-25(32)29(21)23)15-26(24)34-31(35-30)41-20(2)17-36(4)5/h5-6,8-10,12-14,25-26,31H,7,11,15-23H2,2-4H3;6-12,20,22,27H,1,13-19H2,2,4-5H3/b14-8+;/t25-,26-,31-;20?,22-,27-/m00/s1. The molecular formula is C66H77Cl2N13O6. The lowest BCUT2D eigenvalue weighted by Gasteiger charge is -2.40. The Balaban J connectivity index is 0.000000194. The molecular weight excluding hydrogens is 1140 g/mol. The van der Waals surface area contributed by atoms with E-state index in [1.165, 1.54) is 6.08 Å². The Morgan fingerprint density at radius 1 is 0.713 bits per heavy atom. The second kappa shape index (κ2) is 28.6. The number of benzene rings is 4. The van der Waals surface area contributed by atoms with Crippen LogP contribution in [0.1, 0.15) is 65.6 Å². The number of likely N-dealkylation sites (N-methyl/N-ethyl adjacent to an activating group) is 3. The molecule has 3 fully saturated rings. The van der Waals surface area contributed by atoms with E-state index in [0.29, 0.717) is 113 Å². The number of anilines is 2. The number of nitrogens with zero attached hydrogens (tertiary/aromatic N) is 13. The molecule has 0 radical (unpaired) electrons. The van der Waals surface area contributed by atoms with Crippen LogP contribution in [0.5, 0.6) is 12.0 Å². The molecule has 1 unspecified atom stereocenters. The summed E-state index contributed by atoms with van der Waals surface area (Å²) in [5, 5.41) is 5.51. The van der Waals surface area contributed by atoms with Crippen molar-refractivity contribution in [2.75, 3.05) is 124 Å². The molecule has 0 bridgehead atoms. The van der Waals surface area contributed by atoms with Crippen LogP contribution in [0.15, 0.2) is 97.6 Å². The number of piperazine rings is 2. The summed E-state index contributed by atoms with van der Waals surface area (Å²) in [5.74, 6) is 1.27. The highest BCUT2D eigenvalue weighted by Crippen LogP contribution is 2.42. The molecule has 2 aromatic heterocycles. The number of carbonyl (C=O) groups is 2. The third kappa shape index (κ3) is 14.6. The van der Waals surface area contributed by atoms with Crippen LogP contribution in [0.4, 0.5) is 11.6 Å². The maximum atomic E-state index is 13.1. The second-order valence-corrected chi connectivity index (χ2v) is 24.3. The fraction of sp³-hybridized carbons (Fsp3) is 0.455. The number of halogens is 2. The van der Waals surface area contributed by atoms with Crippen LogP contribution < -0.4 is 19.3 Å². The normalized spacial score (nSPS) is 20.9. The number of ether oxygens (including phenoxy) is 4. The van der Waals surface area contributed by atoms with Crippen molar-refractivity contribution in [3.8, 4) is 12.0 Å². The largest absolute Gasteiger partial charge is 0.462 e. The first-order valence-corrected chi connectivity index (χ1v) is 30.6. The minimum atomic E-state index is -0.274. The van der Waals surface area contributed by atoms with E-state index in [9.17, 15) is 9.59 Å². The van der Waals surface area contributed by atoms with Crippen molar-refractivity contribution >= 4 is 68.2 Å². The van der Waals surface area contributed by atoms with Gasteiger partial charge >= 0.3 is 12.0 Å². The first kappa shape index (κ1) is 62.6. The van der Waals surface area contributed by atoms with Crippen molar-refractivity contribution in [1.82, 2.24) is 44.4 Å². The van der Waals surface area contributed by atoms with Crippen molar-refractivity contribution in [3.05, 3.63) is 164 Å². The fourth-order valence-electron chi connectivity index (χ4n) is 12.6. The molecule has 5 aliphatic rings. The van der Waals surface area contributed by atoms with Gasteiger partial charge in [-0.25, -0.2) is 13.1 Å². The SMILES string of the molecule is [C-]#[N+]C[C@H]1CN(c2nc(OC(C)CN(C)C)nc3c2CO[C@H](c2cccc4cccc(Cl)c24)C3)CCN1C(=O)C=C.[C-]#[N+]C[C@H]1CN(c2nc(OC[C@@H]3CCCN3C)nc3c2CO[C@H](c2cccc4cccc(Cl)c24)C3)CCN1C(=O)/C=C/CN(C)C. The van der Waals surface area contributed by atoms with Crippen molar-refractivity contribution < 1.29 is 28.5 Å². The fourth-order valence-corrected chi connectivity index (χ4v) is 13.1. The minimum Gasteiger partial charge on any atom is -0.462 e. The summed E-state index contributed by atoms with van der Waals surface area (Å²) in [6, 6.07) is 24.6. The molecule has 0 N–H and O–H groups in total. The molecule has 0 spiro atoms. The Kier molecular flexibility index (Phi) is 20.6. The van der Waals surface area contributed by atoms with Gasteiger partial charge in [-0.15, -0.1) is 0 Å². The summed E-state index contributed by atoms with van der Waals surface area (Å²) in [6.45, 7) is 27.8. The van der Waals surface area contributed by atoms with E-state index in [2.05, 4.69) is 79.3 Å². The summed E-state index contributed by atoms with van der Waals surface area (Å²) in [7, 11) is 10.1. The zero-order valence-corrected chi connectivity index (χ0v) is 52.1. The van der Waals surface area contributed by atoms with E-state index >= 15 is 0 Å². The lowest BCUT2D eigenvalue weighted by atomic mass is 9.94. The third-order valence-corrected chi connectivity index (χ3v) is 17.5. The molecule has 11 rings (SSSR count). The van der Waals surface area contributed by atoms with Gasteiger partial charge < -0.3 is 62.9 Å². The van der Waals surface area contributed by atoms with Gasteiger partial charge in [0.05, 0.1) is 36.8 Å². The molecule has 2 amide bonds. The molecule has 5 aliphatic heterocycles. The van der Waals surface area contributed by atoms with Gasteiger partial charge in [-0.3, -0.25) is 9.59 Å².